The highest BCUT2D eigenvalue weighted by molar-refractivity contribution is 4.91. The van der Waals surface area contributed by atoms with Gasteiger partial charge in [0.2, 0.25) is 0 Å². The number of hydrogen-bond donors (Lipinski definition) is 0. The molecule has 12 heavy (non-hydrogen) atoms. The third-order valence-corrected chi connectivity index (χ3v) is 4.44. The van der Waals surface area contributed by atoms with Gasteiger partial charge in [-0.3, -0.25) is 0 Å². The lowest BCUT2D eigenvalue weighted by Gasteiger charge is -1.80. The molecule has 0 radical (unpaired) electrons. The molecule has 0 aromatic heterocycles. The zero-order valence-corrected chi connectivity index (χ0v) is 7.97. The monoisotopic (exact) mass is 164 g/mol. The van der Waals surface area contributed by atoms with Gasteiger partial charge in [0.15, 0.2) is 0 Å². The summed E-state index contributed by atoms with van der Waals surface area (Å²) in [6.07, 6.45) is 12.5. The Hall–Kier alpha value is 0. The lowest BCUT2D eigenvalue weighted by atomic mass is 10.3. The van der Waals surface area contributed by atoms with Gasteiger partial charge < -0.3 is 0 Å². The molecule has 4 fully saturated rings. The first kappa shape index (κ1) is 7.41. The Kier molecular flexibility index (Phi) is 1.70. The third-order valence-electron chi connectivity index (χ3n) is 4.44. The van der Waals surface area contributed by atoms with Crippen molar-refractivity contribution in [1.29, 1.82) is 0 Å². The van der Waals surface area contributed by atoms with Crippen LogP contribution in [0, 0.1) is 23.7 Å². The van der Waals surface area contributed by atoms with Gasteiger partial charge in [0.05, 0.1) is 0 Å². The molecule has 0 bridgehead atoms. The van der Waals surface area contributed by atoms with Crippen LogP contribution >= 0.6 is 0 Å². The van der Waals surface area contributed by atoms with Crippen LogP contribution in [0.1, 0.15) is 51.4 Å². The summed E-state index contributed by atoms with van der Waals surface area (Å²) >= 11 is 0. The van der Waals surface area contributed by atoms with Crippen molar-refractivity contribution in [2.75, 3.05) is 0 Å². The molecule has 0 aromatic carbocycles. The van der Waals surface area contributed by atoms with Gasteiger partial charge in [0.1, 0.15) is 0 Å². The van der Waals surface area contributed by atoms with Crippen molar-refractivity contribution in [3.8, 4) is 0 Å². The second-order valence-corrected chi connectivity index (χ2v) is 5.37. The van der Waals surface area contributed by atoms with Gasteiger partial charge in [-0.1, -0.05) is 38.5 Å². The highest BCUT2D eigenvalue weighted by Crippen LogP contribution is 2.51. The van der Waals surface area contributed by atoms with E-state index in [4.69, 9.17) is 0 Å². The Bertz CT molecular complexity index is 137. The lowest BCUT2D eigenvalue weighted by molar-refractivity contribution is 0.735. The van der Waals surface area contributed by atoms with Crippen molar-refractivity contribution in [1.82, 2.24) is 0 Å². The Morgan fingerprint density at radius 3 is 0.917 bits per heavy atom. The summed E-state index contributed by atoms with van der Waals surface area (Å²) in [4.78, 5) is 0. The zero-order valence-electron chi connectivity index (χ0n) is 7.97. The quantitative estimate of drug-likeness (QED) is 0.513. The van der Waals surface area contributed by atoms with Crippen molar-refractivity contribution < 1.29 is 0 Å². The maximum absolute atomic E-state index is 1.58. The molecule has 0 amide bonds. The fraction of sp³-hybridized carbons (Fsp3) is 1.00. The third kappa shape index (κ3) is 1.41. The number of fused-ring (bicyclic) bond motifs is 2. The standard InChI is InChI=1S/2C6H10/c2*1-2-5-4-6(5)3-1/h2*5-6H,1-4H2. The van der Waals surface area contributed by atoms with E-state index in [0.717, 1.165) is 0 Å². The zero-order chi connectivity index (χ0) is 7.97. The van der Waals surface area contributed by atoms with Gasteiger partial charge in [-0.25, -0.2) is 0 Å². The average Bonchev–Trinajstić information content (AvgIpc) is 2.95. The molecule has 0 heteroatoms. The molecule has 4 atom stereocenters. The van der Waals surface area contributed by atoms with Gasteiger partial charge in [0, 0.05) is 0 Å². The molecule has 0 saturated heterocycles. The Balaban J connectivity index is 0.0000000817. The van der Waals surface area contributed by atoms with Crippen molar-refractivity contribution in [3.63, 3.8) is 0 Å². The molecule has 0 aromatic rings. The van der Waals surface area contributed by atoms with Crippen LogP contribution in [0.4, 0.5) is 0 Å². The van der Waals surface area contributed by atoms with Gasteiger partial charge in [-0.05, 0) is 36.5 Å². The Labute approximate surface area is 75.7 Å². The first-order chi connectivity index (χ1) is 5.93. The number of hydrogen-bond acceptors (Lipinski definition) is 0. The van der Waals surface area contributed by atoms with Crippen LogP contribution in [0.2, 0.25) is 0 Å². The van der Waals surface area contributed by atoms with Crippen LogP contribution in [-0.4, -0.2) is 0 Å². The summed E-state index contributed by atoms with van der Waals surface area (Å²) in [7, 11) is 0. The molecular formula is C12H20. The molecule has 4 saturated carbocycles. The molecule has 0 spiro atoms. The van der Waals surface area contributed by atoms with E-state index in [0.29, 0.717) is 0 Å². The molecule has 4 unspecified atom stereocenters. The molecule has 0 heterocycles. The predicted molar refractivity (Wildman–Crippen MR) is 50.9 cm³/mol. The minimum absolute atomic E-state index is 1.21. The van der Waals surface area contributed by atoms with Crippen LogP contribution in [-0.2, 0) is 0 Å². The predicted octanol–water partition coefficient (Wildman–Crippen LogP) is 3.61. The largest absolute Gasteiger partial charge is 0.0528 e. The molecule has 0 aliphatic heterocycles. The topological polar surface area (TPSA) is 0 Å². The second-order valence-electron chi connectivity index (χ2n) is 5.37. The van der Waals surface area contributed by atoms with Crippen LogP contribution in [0.5, 0.6) is 0 Å². The van der Waals surface area contributed by atoms with E-state index in [9.17, 15) is 0 Å². The van der Waals surface area contributed by atoms with Crippen molar-refractivity contribution in [3.05, 3.63) is 0 Å². The summed E-state index contributed by atoms with van der Waals surface area (Å²) in [5.74, 6) is 4.85. The maximum Gasteiger partial charge on any atom is -0.0383 e. The fourth-order valence-corrected chi connectivity index (χ4v) is 3.32. The van der Waals surface area contributed by atoms with Crippen molar-refractivity contribution >= 4 is 0 Å². The SMILES string of the molecule is C1CC2CC2C1.C1CC2CC2C1. The van der Waals surface area contributed by atoms with Crippen LogP contribution in [0.25, 0.3) is 0 Å². The fourth-order valence-electron chi connectivity index (χ4n) is 3.32. The molecule has 4 rings (SSSR count). The Morgan fingerprint density at radius 1 is 0.500 bits per heavy atom. The minimum Gasteiger partial charge on any atom is -0.0528 e. The van der Waals surface area contributed by atoms with E-state index >= 15 is 0 Å². The molecular weight excluding hydrogens is 144 g/mol. The first-order valence-corrected chi connectivity index (χ1v) is 5.93. The molecule has 4 aliphatic carbocycles. The van der Waals surface area contributed by atoms with Crippen LogP contribution in [0.3, 0.4) is 0 Å². The summed E-state index contributed by atoms with van der Waals surface area (Å²) in [5.41, 5.74) is 0. The summed E-state index contributed by atoms with van der Waals surface area (Å²) in [6, 6.07) is 0. The van der Waals surface area contributed by atoms with Crippen LogP contribution in [0.15, 0.2) is 0 Å². The summed E-state index contributed by atoms with van der Waals surface area (Å²) in [5, 5.41) is 0. The number of rotatable bonds is 0. The first-order valence-electron chi connectivity index (χ1n) is 5.93. The smallest absolute Gasteiger partial charge is 0.0383 e. The minimum atomic E-state index is 1.21. The molecule has 68 valence electrons. The lowest BCUT2D eigenvalue weighted by Crippen LogP contribution is -1.64. The highest BCUT2D eigenvalue weighted by Gasteiger charge is 2.40. The Morgan fingerprint density at radius 2 is 0.833 bits per heavy atom. The summed E-state index contributed by atoms with van der Waals surface area (Å²) < 4.78 is 0. The van der Waals surface area contributed by atoms with Gasteiger partial charge >= 0.3 is 0 Å². The maximum atomic E-state index is 1.58. The van der Waals surface area contributed by atoms with Gasteiger partial charge in [-0.2, -0.15) is 0 Å². The molecule has 0 nitrogen and oxygen atoms in total. The van der Waals surface area contributed by atoms with E-state index in [2.05, 4.69) is 0 Å². The molecule has 0 N–H and O–H groups in total. The van der Waals surface area contributed by atoms with E-state index in [-0.39, 0.29) is 0 Å². The van der Waals surface area contributed by atoms with Crippen LogP contribution < -0.4 is 0 Å². The molecule has 4 aliphatic rings. The van der Waals surface area contributed by atoms with Gasteiger partial charge in [0.25, 0.3) is 0 Å². The van der Waals surface area contributed by atoms with E-state index in [1.165, 1.54) is 36.5 Å². The average molecular weight is 164 g/mol. The normalized spacial score (nSPS) is 52.0. The summed E-state index contributed by atoms with van der Waals surface area (Å²) in [6.45, 7) is 0. The highest BCUT2D eigenvalue weighted by atomic mass is 14.5. The van der Waals surface area contributed by atoms with E-state index in [1.54, 1.807) is 38.5 Å². The second kappa shape index (κ2) is 2.75. The van der Waals surface area contributed by atoms with E-state index in [1.807, 2.05) is 0 Å². The van der Waals surface area contributed by atoms with Crippen molar-refractivity contribution in [2.24, 2.45) is 23.7 Å². The van der Waals surface area contributed by atoms with E-state index < -0.39 is 0 Å². The van der Waals surface area contributed by atoms with Crippen molar-refractivity contribution in [2.45, 2.75) is 51.4 Å². The van der Waals surface area contributed by atoms with Gasteiger partial charge in [-0.15, -0.1) is 0 Å².